The molecule has 0 aliphatic carbocycles. The smallest absolute Gasteiger partial charge is 0.0966 e. The van der Waals surface area contributed by atoms with Crippen LogP contribution in [0.3, 0.4) is 0 Å². The molecule has 0 aromatic rings. The first-order chi connectivity index (χ1) is 6.81. The SMILES string of the molecule is OC1(C2CCCN2)CCN2CCCC21. The number of hydrogen-bond acceptors (Lipinski definition) is 3. The van der Waals surface area contributed by atoms with Gasteiger partial charge in [0.25, 0.3) is 0 Å². The van der Waals surface area contributed by atoms with Crippen molar-refractivity contribution in [1.29, 1.82) is 0 Å². The number of fused-ring (bicyclic) bond motifs is 1. The largest absolute Gasteiger partial charge is 0.387 e. The first kappa shape index (κ1) is 9.13. The lowest BCUT2D eigenvalue weighted by Gasteiger charge is -2.35. The Balaban J connectivity index is 1.81. The van der Waals surface area contributed by atoms with Gasteiger partial charge >= 0.3 is 0 Å². The lowest BCUT2D eigenvalue weighted by Crippen LogP contribution is -2.54. The van der Waals surface area contributed by atoms with Crippen LogP contribution >= 0.6 is 0 Å². The van der Waals surface area contributed by atoms with Crippen LogP contribution in [-0.4, -0.2) is 47.3 Å². The molecule has 2 N–H and O–H groups in total. The summed E-state index contributed by atoms with van der Waals surface area (Å²) in [4.78, 5) is 2.49. The van der Waals surface area contributed by atoms with Gasteiger partial charge < -0.3 is 10.4 Å². The van der Waals surface area contributed by atoms with Crippen molar-refractivity contribution in [3.05, 3.63) is 0 Å². The van der Waals surface area contributed by atoms with E-state index in [9.17, 15) is 5.11 Å². The summed E-state index contributed by atoms with van der Waals surface area (Å²) in [6.07, 6.45) is 5.87. The van der Waals surface area contributed by atoms with E-state index in [1.165, 1.54) is 32.2 Å². The molecule has 80 valence electrons. The molecule has 3 aliphatic heterocycles. The molecule has 3 fully saturated rings. The maximum atomic E-state index is 10.8. The van der Waals surface area contributed by atoms with Gasteiger partial charge in [-0.3, -0.25) is 4.90 Å². The minimum absolute atomic E-state index is 0.371. The normalized spacial score (nSPS) is 48.6. The fourth-order valence-electron chi connectivity index (χ4n) is 3.67. The molecule has 0 radical (unpaired) electrons. The second kappa shape index (κ2) is 3.19. The molecule has 0 aromatic heterocycles. The minimum atomic E-state index is -0.410. The fraction of sp³-hybridized carbons (Fsp3) is 1.00. The first-order valence-electron chi connectivity index (χ1n) is 6.00. The third-order valence-electron chi connectivity index (χ3n) is 4.40. The van der Waals surface area contributed by atoms with E-state index >= 15 is 0 Å². The van der Waals surface area contributed by atoms with Crippen LogP contribution in [-0.2, 0) is 0 Å². The van der Waals surface area contributed by atoms with E-state index in [-0.39, 0.29) is 0 Å². The molecule has 0 bridgehead atoms. The van der Waals surface area contributed by atoms with E-state index in [0.717, 1.165) is 19.5 Å². The highest BCUT2D eigenvalue weighted by molar-refractivity contribution is 5.09. The summed E-state index contributed by atoms with van der Waals surface area (Å²) in [7, 11) is 0. The van der Waals surface area contributed by atoms with E-state index in [1.54, 1.807) is 0 Å². The molecular formula is C11H20N2O. The van der Waals surface area contributed by atoms with Crippen LogP contribution < -0.4 is 5.32 Å². The zero-order valence-electron chi connectivity index (χ0n) is 8.71. The molecule has 0 spiro atoms. The second-order valence-corrected chi connectivity index (χ2v) is 5.08. The van der Waals surface area contributed by atoms with Gasteiger partial charge in [-0.25, -0.2) is 0 Å². The van der Waals surface area contributed by atoms with Crippen molar-refractivity contribution in [1.82, 2.24) is 10.2 Å². The van der Waals surface area contributed by atoms with E-state index in [2.05, 4.69) is 10.2 Å². The lowest BCUT2D eigenvalue weighted by molar-refractivity contribution is -0.0157. The Hall–Kier alpha value is -0.120. The predicted octanol–water partition coefficient (Wildman–Crippen LogP) is 0.338. The monoisotopic (exact) mass is 196 g/mol. The summed E-state index contributed by atoms with van der Waals surface area (Å²) in [5, 5.41) is 14.2. The van der Waals surface area contributed by atoms with Gasteiger partial charge in [0, 0.05) is 18.6 Å². The summed E-state index contributed by atoms with van der Waals surface area (Å²) < 4.78 is 0. The van der Waals surface area contributed by atoms with Gasteiger partial charge in [-0.2, -0.15) is 0 Å². The predicted molar refractivity (Wildman–Crippen MR) is 55.2 cm³/mol. The number of aliphatic hydroxyl groups is 1. The van der Waals surface area contributed by atoms with Gasteiger partial charge in [0.2, 0.25) is 0 Å². The van der Waals surface area contributed by atoms with Gasteiger partial charge in [0.15, 0.2) is 0 Å². The van der Waals surface area contributed by atoms with Crippen LogP contribution in [0, 0.1) is 0 Å². The summed E-state index contributed by atoms with van der Waals surface area (Å²) in [5.74, 6) is 0. The van der Waals surface area contributed by atoms with Crippen molar-refractivity contribution in [3.63, 3.8) is 0 Å². The van der Waals surface area contributed by atoms with Crippen LogP contribution in [0.15, 0.2) is 0 Å². The fourth-order valence-corrected chi connectivity index (χ4v) is 3.67. The molecule has 3 aliphatic rings. The number of nitrogens with one attached hydrogen (secondary N) is 1. The Morgan fingerprint density at radius 1 is 1.21 bits per heavy atom. The zero-order valence-corrected chi connectivity index (χ0v) is 8.71. The Morgan fingerprint density at radius 2 is 2.14 bits per heavy atom. The lowest BCUT2D eigenvalue weighted by atomic mass is 9.84. The highest BCUT2D eigenvalue weighted by atomic mass is 16.3. The Bertz CT molecular complexity index is 227. The summed E-state index contributed by atoms with van der Waals surface area (Å²) >= 11 is 0. The maximum absolute atomic E-state index is 10.8. The minimum Gasteiger partial charge on any atom is -0.387 e. The molecule has 3 saturated heterocycles. The summed E-state index contributed by atoms with van der Waals surface area (Å²) in [6, 6.07) is 0.827. The van der Waals surface area contributed by atoms with E-state index in [1.807, 2.05) is 0 Å². The quantitative estimate of drug-likeness (QED) is 0.635. The molecule has 0 aromatic carbocycles. The molecule has 3 unspecified atom stereocenters. The molecule has 3 nitrogen and oxygen atoms in total. The van der Waals surface area contributed by atoms with E-state index in [4.69, 9.17) is 0 Å². The number of nitrogens with zero attached hydrogens (tertiary/aromatic N) is 1. The molecular weight excluding hydrogens is 176 g/mol. The maximum Gasteiger partial charge on any atom is 0.0966 e. The van der Waals surface area contributed by atoms with Crippen LogP contribution in [0.4, 0.5) is 0 Å². The zero-order chi connectivity index (χ0) is 9.60. The Morgan fingerprint density at radius 3 is 2.93 bits per heavy atom. The van der Waals surface area contributed by atoms with Crippen LogP contribution in [0.5, 0.6) is 0 Å². The highest BCUT2D eigenvalue weighted by Crippen LogP contribution is 2.40. The standard InChI is InChI=1S/C11H20N2O/c14-11(9-3-1-6-12-9)5-8-13-7-2-4-10(11)13/h9-10,12,14H,1-8H2. The van der Waals surface area contributed by atoms with Gasteiger partial charge in [-0.1, -0.05) is 0 Å². The number of rotatable bonds is 1. The molecule has 3 heteroatoms. The third-order valence-corrected chi connectivity index (χ3v) is 4.40. The summed E-state index contributed by atoms with van der Waals surface area (Å²) in [6.45, 7) is 3.42. The first-order valence-corrected chi connectivity index (χ1v) is 6.00. The third kappa shape index (κ3) is 1.16. The van der Waals surface area contributed by atoms with Gasteiger partial charge in [0.05, 0.1) is 5.60 Å². The van der Waals surface area contributed by atoms with Crippen molar-refractivity contribution in [2.24, 2.45) is 0 Å². The Labute approximate surface area is 85.5 Å². The average molecular weight is 196 g/mol. The van der Waals surface area contributed by atoms with Crippen LogP contribution in [0.2, 0.25) is 0 Å². The topological polar surface area (TPSA) is 35.5 Å². The molecule has 0 saturated carbocycles. The van der Waals surface area contributed by atoms with Crippen molar-refractivity contribution >= 4 is 0 Å². The number of hydrogen-bond donors (Lipinski definition) is 2. The van der Waals surface area contributed by atoms with Crippen molar-refractivity contribution < 1.29 is 5.11 Å². The Kier molecular flexibility index (Phi) is 2.08. The van der Waals surface area contributed by atoms with Gasteiger partial charge in [-0.05, 0) is 45.2 Å². The summed E-state index contributed by atoms with van der Waals surface area (Å²) in [5.41, 5.74) is -0.410. The van der Waals surface area contributed by atoms with E-state index < -0.39 is 5.60 Å². The molecule has 3 heterocycles. The average Bonchev–Trinajstić information content (AvgIpc) is 2.84. The van der Waals surface area contributed by atoms with Crippen molar-refractivity contribution in [2.45, 2.75) is 49.8 Å². The van der Waals surface area contributed by atoms with Gasteiger partial charge in [0.1, 0.15) is 0 Å². The van der Waals surface area contributed by atoms with Crippen LogP contribution in [0.1, 0.15) is 32.1 Å². The van der Waals surface area contributed by atoms with E-state index in [0.29, 0.717) is 12.1 Å². The van der Waals surface area contributed by atoms with Crippen LogP contribution in [0.25, 0.3) is 0 Å². The highest BCUT2D eigenvalue weighted by Gasteiger charge is 2.52. The molecule has 14 heavy (non-hydrogen) atoms. The van der Waals surface area contributed by atoms with Gasteiger partial charge in [-0.15, -0.1) is 0 Å². The molecule has 0 amide bonds. The second-order valence-electron chi connectivity index (χ2n) is 5.08. The molecule has 3 atom stereocenters. The van der Waals surface area contributed by atoms with Crippen molar-refractivity contribution in [3.8, 4) is 0 Å². The molecule has 3 rings (SSSR count). The van der Waals surface area contributed by atoms with Crippen molar-refractivity contribution in [2.75, 3.05) is 19.6 Å².